The maximum atomic E-state index is 12.5. The third kappa shape index (κ3) is 4.82. The van der Waals surface area contributed by atoms with Gasteiger partial charge in [-0.25, -0.2) is 9.97 Å². The highest BCUT2D eigenvalue weighted by Crippen LogP contribution is 2.40. The first-order valence-corrected chi connectivity index (χ1v) is 11.9. The van der Waals surface area contributed by atoms with Gasteiger partial charge in [0.05, 0.1) is 18.4 Å². The monoisotopic (exact) mass is 446 g/mol. The van der Waals surface area contributed by atoms with Gasteiger partial charge in [-0.1, -0.05) is 0 Å². The number of ether oxygens (including phenoxy) is 2. The van der Waals surface area contributed by atoms with Crippen LogP contribution < -0.4 is 4.90 Å². The highest BCUT2D eigenvalue weighted by Gasteiger charge is 2.27. The lowest BCUT2D eigenvalue weighted by Gasteiger charge is -2.36. The van der Waals surface area contributed by atoms with Crippen molar-refractivity contribution in [2.75, 3.05) is 44.8 Å². The number of anilines is 1. The summed E-state index contributed by atoms with van der Waals surface area (Å²) in [6.07, 6.45) is 4.99. The van der Waals surface area contributed by atoms with Crippen molar-refractivity contribution in [1.82, 2.24) is 14.9 Å². The molecule has 2 aromatic rings. The normalized spacial score (nSPS) is 16.5. The molecule has 0 N–H and O–H groups in total. The molecule has 1 amide bonds. The maximum Gasteiger partial charge on any atom is 0.306 e. The number of piperazine rings is 1. The van der Waals surface area contributed by atoms with Crippen molar-refractivity contribution in [3.05, 3.63) is 16.3 Å². The van der Waals surface area contributed by atoms with Crippen molar-refractivity contribution < 1.29 is 19.1 Å². The Morgan fingerprint density at radius 2 is 1.84 bits per heavy atom. The Morgan fingerprint density at radius 3 is 2.58 bits per heavy atom. The predicted octanol–water partition coefficient (Wildman–Crippen LogP) is 2.71. The van der Waals surface area contributed by atoms with Crippen LogP contribution in [-0.4, -0.2) is 66.6 Å². The fourth-order valence-electron chi connectivity index (χ4n) is 4.37. The summed E-state index contributed by atoms with van der Waals surface area (Å²) < 4.78 is 10.2. The number of hydrogen-bond donors (Lipinski definition) is 0. The number of nitrogens with zero attached hydrogens (tertiary/aromatic N) is 4. The predicted molar refractivity (Wildman–Crippen MR) is 119 cm³/mol. The van der Waals surface area contributed by atoms with E-state index in [0.717, 1.165) is 23.5 Å². The number of hydrogen-bond acceptors (Lipinski definition) is 8. The van der Waals surface area contributed by atoms with Crippen molar-refractivity contribution in [3.63, 3.8) is 0 Å². The molecule has 9 heteroatoms. The van der Waals surface area contributed by atoms with Crippen LogP contribution in [0.1, 0.15) is 48.9 Å². The molecular weight excluding hydrogens is 416 g/mol. The minimum atomic E-state index is -0.314. The van der Waals surface area contributed by atoms with Crippen LogP contribution in [0.15, 0.2) is 0 Å². The summed E-state index contributed by atoms with van der Waals surface area (Å²) in [6, 6.07) is 0. The van der Waals surface area contributed by atoms with Crippen LogP contribution in [0.25, 0.3) is 10.2 Å². The number of carbonyl (C=O) groups excluding carboxylic acids is 2. The molecule has 168 valence electrons. The number of aromatic nitrogens is 2. The van der Waals surface area contributed by atoms with Crippen molar-refractivity contribution in [2.24, 2.45) is 0 Å². The van der Waals surface area contributed by atoms with Gasteiger partial charge in [0, 0.05) is 44.6 Å². The highest BCUT2D eigenvalue weighted by molar-refractivity contribution is 7.19. The molecule has 8 nitrogen and oxygen atoms in total. The lowest BCUT2D eigenvalue weighted by molar-refractivity contribution is -0.145. The summed E-state index contributed by atoms with van der Waals surface area (Å²) in [6.45, 7) is 5.18. The van der Waals surface area contributed by atoms with E-state index in [0.29, 0.717) is 45.2 Å². The molecule has 1 saturated heterocycles. The number of rotatable bonds is 7. The lowest BCUT2D eigenvalue weighted by Crippen LogP contribution is -2.49. The number of amides is 1. The van der Waals surface area contributed by atoms with Gasteiger partial charge < -0.3 is 19.3 Å². The molecule has 1 fully saturated rings. The molecule has 0 radical (unpaired) electrons. The Bertz CT molecular complexity index is 953. The molecule has 2 aliphatic rings. The summed E-state index contributed by atoms with van der Waals surface area (Å²) in [7, 11) is 1.66. The number of aryl methyl sites for hydroxylation is 2. The zero-order chi connectivity index (χ0) is 21.8. The van der Waals surface area contributed by atoms with E-state index in [4.69, 9.17) is 19.4 Å². The minimum Gasteiger partial charge on any atom is -0.466 e. The molecular formula is C22H30N4O4S. The van der Waals surface area contributed by atoms with Gasteiger partial charge >= 0.3 is 5.97 Å². The number of methoxy groups -OCH3 is 1. The largest absolute Gasteiger partial charge is 0.466 e. The average Bonchev–Trinajstić information content (AvgIpc) is 3.16. The molecule has 0 aromatic carbocycles. The highest BCUT2D eigenvalue weighted by atomic mass is 32.1. The Hall–Kier alpha value is -2.26. The summed E-state index contributed by atoms with van der Waals surface area (Å²) in [5.41, 5.74) is 1.41. The van der Waals surface area contributed by atoms with Crippen LogP contribution in [-0.2, 0) is 38.5 Å². The van der Waals surface area contributed by atoms with Crippen LogP contribution in [0.5, 0.6) is 0 Å². The van der Waals surface area contributed by atoms with Gasteiger partial charge in [-0.05, 0) is 38.2 Å². The van der Waals surface area contributed by atoms with Crippen LogP contribution in [0.3, 0.4) is 0 Å². The summed E-state index contributed by atoms with van der Waals surface area (Å²) >= 11 is 1.79. The molecule has 4 rings (SSSR count). The van der Waals surface area contributed by atoms with Crippen LogP contribution in [0.2, 0.25) is 0 Å². The molecule has 3 heterocycles. The SMILES string of the molecule is CCOC(=O)CCC(=O)N1CCN(c2nc(COC)nc3sc4c(c23)CCCC4)CC1. The van der Waals surface area contributed by atoms with E-state index in [9.17, 15) is 9.59 Å². The topological polar surface area (TPSA) is 84.9 Å². The second kappa shape index (κ2) is 9.91. The van der Waals surface area contributed by atoms with E-state index in [1.807, 2.05) is 4.90 Å². The lowest BCUT2D eigenvalue weighted by atomic mass is 9.97. The number of carbonyl (C=O) groups is 2. The molecule has 0 atom stereocenters. The number of fused-ring (bicyclic) bond motifs is 3. The Kier molecular flexibility index (Phi) is 7.02. The summed E-state index contributed by atoms with van der Waals surface area (Å²) in [5.74, 6) is 1.38. The molecule has 0 unspecified atom stereocenters. The van der Waals surface area contributed by atoms with Crippen LogP contribution in [0, 0.1) is 0 Å². The summed E-state index contributed by atoms with van der Waals surface area (Å²) in [5, 5.41) is 1.20. The minimum absolute atomic E-state index is 0.00789. The molecule has 1 aliphatic carbocycles. The zero-order valence-corrected chi connectivity index (χ0v) is 19.1. The Balaban J connectivity index is 1.50. The van der Waals surface area contributed by atoms with Gasteiger partial charge in [0.2, 0.25) is 5.91 Å². The molecule has 0 saturated carbocycles. The second-order valence-corrected chi connectivity index (χ2v) is 9.04. The molecule has 0 spiro atoms. The first-order valence-electron chi connectivity index (χ1n) is 11.1. The van der Waals surface area contributed by atoms with E-state index >= 15 is 0 Å². The van der Waals surface area contributed by atoms with E-state index < -0.39 is 0 Å². The van der Waals surface area contributed by atoms with Crippen LogP contribution >= 0.6 is 11.3 Å². The number of esters is 1. The third-order valence-corrected chi connectivity index (χ3v) is 7.08. The summed E-state index contributed by atoms with van der Waals surface area (Å²) in [4.78, 5) is 40.3. The van der Waals surface area contributed by atoms with Gasteiger partial charge in [0.15, 0.2) is 5.82 Å². The standard InChI is InChI=1S/C22H30N4O4S/c1-3-30-19(28)9-8-18(27)25-10-12-26(13-11-25)21-20-15-6-4-5-7-16(15)31-22(20)24-17(23-21)14-29-2/h3-14H2,1-2H3. The molecule has 31 heavy (non-hydrogen) atoms. The van der Waals surface area contributed by atoms with Crippen molar-refractivity contribution in [1.29, 1.82) is 0 Å². The first kappa shape index (κ1) is 22.0. The van der Waals surface area contributed by atoms with Gasteiger partial charge in [-0.3, -0.25) is 9.59 Å². The fourth-order valence-corrected chi connectivity index (χ4v) is 5.65. The first-order chi connectivity index (χ1) is 15.1. The molecule has 0 bridgehead atoms. The van der Waals surface area contributed by atoms with Crippen molar-refractivity contribution in [2.45, 2.75) is 52.1 Å². The number of thiophene rings is 1. The van der Waals surface area contributed by atoms with Gasteiger partial charge in [0.25, 0.3) is 0 Å². The third-order valence-electron chi connectivity index (χ3n) is 5.90. The molecule has 1 aliphatic heterocycles. The van der Waals surface area contributed by atoms with Crippen molar-refractivity contribution in [3.8, 4) is 0 Å². The maximum absolute atomic E-state index is 12.5. The van der Waals surface area contributed by atoms with Crippen molar-refractivity contribution >= 4 is 39.2 Å². The van der Waals surface area contributed by atoms with Gasteiger partial charge in [0.1, 0.15) is 17.3 Å². The van der Waals surface area contributed by atoms with E-state index in [-0.39, 0.29) is 24.7 Å². The Labute approximate surface area is 186 Å². The average molecular weight is 447 g/mol. The van der Waals surface area contributed by atoms with E-state index in [2.05, 4.69) is 4.90 Å². The smallest absolute Gasteiger partial charge is 0.306 e. The Morgan fingerprint density at radius 1 is 1.06 bits per heavy atom. The van der Waals surface area contributed by atoms with Gasteiger partial charge in [-0.15, -0.1) is 11.3 Å². The van der Waals surface area contributed by atoms with Gasteiger partial charge in [-0.2, -0.15) is 0 Å². The quantitative estimate of drug-likeness (QED) is 0.605. The van der Waals surface area contributed by atoms with E-state index in [1.165, 1.54) is 28.7 Å². The van der Waals surface area contributed by atoms with Crippen LogP contribution in [0.4, 0.5) is 5.82 Å². The molecule has 2 aromatic heterocycles. The van der Waals surface area contributed by atoms with E-state index in [1.54, 1.807) is 25.4 Å². The zero-order valence-electron chi connectivity index (χ0n) is 18.3. The second-order valence-electron chi connectivity index (χ2n) is 7.96. The fraction of sp³-hybridized carbons (Fsp3) is 0.636.